The number of benzene rings is 1. The van der Waals surface area contributed by atoms with Gasteiger partial charge in [0.05, 0.1) is 11.1 Å². The molecule has 1 aromatic carbocycles. The van der Waals surface area contributed by atoms with Gasteiger partial charge in [0.2, 0.25) is 0 Å². The van der Waals surface area contributed by atoms with Crippen LogP contribution in [0, 0.1) is 0 Å². The minimum Gasteiger partial charge on any atom is -0.323 e. The predicted molar refractivity (Wildman–Crippen MR) is 76.4 cm³/mol. The normalized spacial score (nSPS) is 16.4. The third kappa shape index (κ3) is 2.26. The van der Waals surface area contributed by atoms with E-state index in [-0.39, 0.29) is 22.7 Å². The van der Waals surface area contributed by atoms with Crippen molar-refractivity contribution in [3.05, 3.63) is 59.2 Å². The lowest BCUT2D eigenvalue weighted by atomic mass is 10.1. The minimum absolute atomic E-state index is 0.0263. The van der Waals surface area contributed by atoms with Gasteiger partial charge < -0.3 is 4.84 Å². The van der Waals surface area contributed by atoms with Gasteiger partial charge in [0, 0.05) is 12.1 Å². The number of fused-ring (bicyclic) bond motifs is 1. The molecular formula is C16H11N3O4. The average molecular weight is 309 g/mol. The molecule has 114 valence electrons. The summed E-state index contributed by atoms with van der Waals surface area (Å²) in [6.07, 6.45) is 3.47. The van der Waals surface area contributed by atoms with Crippen molar-refractivity contribution in [2.24, 2.45) is 0 Å². The molecule has 2 aromatic rings. The molecule has 1 aromatic heterocycles. The van der Waals surface area contributed by atoms with E-state index in [0.29, 0.717) is 10.9 Å². The highest BCUT2D eigenvalue weighted by Crippen LogP contribution is 2.37. The maximum atomic E-state index is 12.2. The Kier molecular flexibility index (Phi) is 2.94. The summed E-state index contributed by atoms with van der Waals surface area (Å²) in [5.74, 6) is -1.31. The molecule has 0 bridgehead atoms. The van der Waals surface area contributed by atoms with E-state index in [0.717, 1.165) is 12.8 Å². The van der Waals surface area contributed by atoms with Gasteiger partial charge in [-0.05, 0) is 31.0 Å². The molecule has 2 aliphatic rings. The number of carbonyl (C=O) groups excluding carboxylic acids is 3. The Morgan fingerprint density at radius 1 is 1.09 bits per heavy atom. The van der Waals surface area contributed by atoms with Crippen molar-refractivity contribution in [2.45, 2.75) is 18.8 Å². The Labute approximate surface area is 130 Å². The topological polar surface area (TPSA) is 89.5 Å². The Hall–Kier alpha value is -3.09. The second-order valence-corrected chi connectivity index (χ2v) is 5.40. The predicted octanol–water partition coefficient (Wildman–Crippen LogP) is 1.72. The molecule has 7 heteroatoms. The summed E-state index contributed by atoms with van der Waals surface area (Å²) in [5, 5.41) is 0.478. The van der Waals surface area contributed by atoms with Crippen LogP contribution < -0.4 is 0 Å². The van der Waals surface area contributed by atoms with Crippen molar-refractivity contribution in [1.82, 2.24) is 15.0 Å². The summed E-state index contributed by atoms with van der Waals surface area (Å²) in [5.41, 5.74) is 0.455. The lowest BCUT2D eigenvalue weighted by molar-refractivity contribution is -0.0588. The van der Waals surface area contributed by atoms with Crippen LogP contribution in [-0.4, -0.2) is 32.8 Å². The number of aromatic nitrogens is 2. The van der Waals surface area contributed by atoms with E-state index in [4.69, 9.17) is 4.84 Å². The first kappa shape index (κ1) is 13.6. The van der Waals surface area contributed by atoms with Crippen molar-refractivity contribution in [1.29, 1.82) is 0 Å². The number of imide groups is 1. The first-order valence-electron chi connectivity index (χ1n) is 7.18. The van der Waals surface area contributed by atoms with Gasteiger partial charge in [0.25, 0.3) is 11.8 Å². The number of carbonyl (C=O) groups is 3. The monoisotopic (exact) mass is 309 g/mol. The van der Waals surface area contributed by atoms with Gasteiger partial charge in [-0.3, -0.25) is 9.59 Å². The SMILES string of the molecule is O=C(ON1C(=O)c2ccccc2C1=O)c1ccnc(C2CC2)n1. The molecule has 7 nitrogen and oxygen atoms in total. The highest BCUT2D eigenvalue weighted by atomic mass is 16.7. The van der Waals surface area contributed by atoms with Crippen LogP contribution in [0.2, 0.25) is 0 Å². The molecule has 0 saturated heterocycles. The molecule has 0 unspecified atom stereocenters. The Balaban J connectivity index is 1.57. The molecule has 1 fully saturated rings. The second kappa shape index (κ2) is 4.98. The molecule has 1 aliphatic heterocycles. The molecule has 2 amide bonds. The van der Waals surface area contributed by atoms with Gasteiger partial charge in [0.15, 0.2) is 5.69 Å². The Morgan fingerprint density at radius 2 is 1.74 bits per heavy atom. The summed E-state index contributed by atoms with van der Waals surface area (Å²) < 4.78 is 0. The number of hydrogen-bond donors (Lipinski definition) is 0. The van der Waals surface area contributed by atoms with E-state index in [1.165, 1.54) is 24.4 Å². The zero-order chi connectivity index (χ0) is 16.0. The highest BCUT2D eigenvalue weighted by molar-refractivity contribution is 6.21. The maximum Gasteiger partial charge on any atom is 0.382 e. The van der Waals surface area contributed by atoms with Gasteiger partial charge >= 0.3 is 5.97 Å². The first-order chi connectivity index (χ1) is 11.1. The third-order valence-electron chi connectivity index (χ3n) is 3.76. The van der Waals surface area contributed by atoms with Crippen molar-refractivity contribution < 1.29 is 19.2 Å². The van der Waals surface area contributed by atoms with Crippen molar-refractivity contribution in [2.75, 3.05) is 0 Å². The average Bonchev–Trinajstić information content (AvgIpc) is 3.40. The van der Waals surface area contributed by atoms with Crippen molar-refractivity contribution in [3.8, 4) is 0 Å². The molecule has 0 spiro atoms. The van der Waals surface area contributed by atoms with E-state index >= 15 is 0 Å². The molecule has 0 N–H and O–H groups in total. The van der Waals surface area contributed by atoms with Gasteiger partial charge in [-0.2, -0.15) is 0 Å². The summed E-state index contributed by atoms with van der Waals surface area (Å²) in [6, 6.07) is 7.70. The van der Waals surface area contributed by atoms with Crippen LogP contribution in [-0.2, 0) is 4.84 Å². The number of hydroxylamine groups is 2. The van der Waals surface area contributed by atoms with Crippen LogP contribution in [0.15, 0.2) is 36.5 Å². The van der Waals surface area contributed by atoms with Gasteiger partial charge in [-0.15, -0.1) is 0 Å². The van der Waals surface area contributed by atoms with Gasteiger partial charge in [-0.25, -0.2) is 14.8 Å². The third-order valence-corrected chi connectivity index (χ3v) is 3.76. The largest absolute Gasteiger partial charge is 0.382 e. The van der Waals surface area contributed by atoms with Crippen LogP contribution in [0.3, 0.4) is 0 Å². The molecular weight excluding hydrogens is 298 g/mol. The zero-order valence-corrected chi connectivity index (χ0v) is 11.9. The van der Waals surface area contributed by atoms with Gasteiger partial charge in [-0.1, -0.05) is 17.2 Å². The molecule has 1 saturated carbocycles. The molecule has 23 heavy (non-hydrogen) atoms. The number of nitrogens with zero attached hydrogens (tertiary/aromatic N) is 3. The number of hydrogen-bond acceptors (Lipinski definition) is 6. The summed E-state index contributed by atoms with van der Waals surface area (Å²) >= 11 is 0. The molecule has 0 atom stereocenters. The van der Waals surface area contributed by atoms with Crippen molar-refractivity contribution in [3.63, 3.8) is 0 Å². The summed E-state index contributed by atoms with van der Waals surface area (Å²) in [6.45, 7) is 0. The lowest BCUT2D eigenvalue weighted by Crippen LogP contribution is -2.33. The molecule has 1 aliphatic carbocycles. The summed E-state index contributed by atoms with van der Waals surface area (Å²) in [7, 11) is 0. The molecule has 0 radical (unpaired) electrons. The van der Waals surface area contributed by atoms with E-state index < -0.39 is 17.8 Å². The molecule has 2 heterocycles. The van der Waals surface area contributed by atoms with Gasteiger partial charge in [0.1, 0.15) is 5.82 Å². The highest BCUT2D eigenvalue weighted by Gasteiger charge is 2.39. The Bertz CT molecular complexity index is 810. The molecule has 4 rings (SSSR count). The van der Waals surface area contributed by atoms with Crippen LogP contribution >= 0.6 is 0 Å². The lowest BCUT2D eigenvalue weighted by Gasteiger charge is -2.12. The van der Waals surface area contributed by atoms with Crippen LogP contribution in [0.4, 0.5) is 0 Å². The minimum atomic E-state index is -0.858. The maximum absolute atomic E-state index is 12.2. The fourth-order valence-corrected chi connectivity index (χ4v) is 2.41. The second-order valence-electron chi connectivity index (χ2n) is 5.40. The van der Waals surface area contributed by atoms with E-state index in [1.54, 1.807) is 12.1 Å². The van der Waals surface area contributed by atoms with Crippen LogP contribution in [0.25, 0.3) is 0 Å². The Morgan fingerprint density at radius 3 is 2.35 bits per heavy atom. The zero-order valence-electron chi connectivity index (χ0n) is 11.9. The fraction of sp³-hybridized carbons (Fsp3) is 0.188. The first-order valence-corrected chi connectivity index (χ1v) is 7.18. The summed E-state index contributed by atoms with van der Waals surface area (Å²) in [4.78, 5) is 49.7. The van der Waals surface area contributed by atoms with Crippen LogP contribution in [0.5, 0.6) is 0 Å². The quantitative estimate of drug-likeness (QED) is 0.802. The van der Waals surface area contributed by atoms with E-state index in [1.807, 2.05) is 0 Å². The standard InChI is InChI=1S/C16H11N3O4/c20-14-10-3-1-2-4-11(10)15(21)19(14)23-16(22)12-7-8-17-13(18-12)9-5-6-9/h1-4,7-9H,5-6H2. The smallest absolute Gasteiger partial charge is 0.323 e. The van der Waals surface area contributed by atoms with Crippen molar-refractivity contribution >= 4 is 17.8 Å². The van der Waals surface area contributed by atoms with E-state index in [2.05, 4.69) is 9.97 Å². The van der Waals surface area contributed by atoms with Crippen LogP contribution in [0.1, 0.15) is 55.8 Å². The fourth-order valence-electron chi connectivity index (χ4n) is 2.41. The number of rotatable bonds is 3. The number of amides is 2. The van der Waals surface area contributed by atoms with E-state index in [9.17, 15) is 14.4 Å².